The number of carbonyl (C=O) groups is 1. The maximum absolute atomic E-state index is 13.0. The quantitative estimate of drug-likeness (QED) is 0.857. The highest BCUT2D eigenvalue weighted by atomic mass is 35.5. The smallest absolute Gasteiger partial charge is 0.262 e. The molecule has 0 saturated carbocycles. The average molecular weight is 299 g/mol. The Labute approximate surface area is 118 Å². The minimum Gasteiger partial charge on any atom is -0.376 e. The van der Waals surface area contributed by atoms with Crippen molar-refractivity contribution in [1.82, 2.24) is 10.2 Å². The van der Waals surface area contributed by atoms with E-state index in [4.69, 9.17) is 4.74 Å². The monoisotopic (exact) mass is 298 g/mol. The van der Waals surface area contributed by atoms with Crippen LogP contribution in [0.5, 0.6) is 0 Å². The molecule has 2 unspecified atom stereocenters. The second-order valence-electron chi connectivity index (χ2n) is 5.20. The number of carbonyl (C=O) groups excluding carboxylic acids is 1. The topological polar surface area (TPSA) is 41.6 Å². The maximum atomic E-state index is 13.0. The van der Waals surface area contributed by atoms with Gasteiger partial charge >= 0.3 is 0 Å². The molecule has 7 heteroatoms. The first kappa shape index (κ1) is 16.6. The fourth-order valence-electron chi connectivity index (χ4n) is 2.50. The summed E-state index contributed by atoms with van der Waals surface area (Å²) < 4.78 is 31.6. The first-order valence-electron chi connectivity index (χ1n) is 6.46. The molecule has 2 rings (SSSR count). The predicted molar refractivity (Wildman–Crippen MR) is 69.8 cm³/mol. The lowest BCUT2D eigenvalue weighted by atomic mass is 10.1. The normalized spacial score (nSPS) is 29.6. The Morgan fingerprint density at radius 3 is 2.74 bits per heavy atom. The van der Waals surface area contributed by atoms with Crippen LogP contribution in [0.25, 0.3) is 0 Å². The van der Waals surface area contributed by atoms with E-state index >= 15 is 0 Å². The highest BCUT2D eigenvalue weighted by Gasteiger charge is 2.43. The molecule has 0 aromatic heterocycles. The summed E-state index contributed by atoms with van der Waals surface area (Å²) in [6.07, 6.45) is 2.75. The summed E-state index contributed by atoms with van der Waals surface area (Å²) in [6, 6.07) is -0.756. The van der Waals surface area contributed by atoms with Crippen LogP contribution >= 0.6 is 12.4 Å². The maximum Gasteiger partial charge on any atom is 0.262 e. The lowest BCUT2D eigenvalue weighted by Crippen LogP contribution is -2.45. The van der Waals surface area contributed by atoms with E-state index < -0.39 is 24.9 Å². The standard InChI is InChI=1S/C12H20F2N2O2.ClH/c1-16(7-9-4-2-3-5-18-9)11(17)10-6-12(13,14)8-15-10;/h9-10,15H,2-8H2,1H3;1H. The molecule has 2 aliphatic heterocycles. The van der Waals surface area contributed by atoms with Gasteiger partial charge in [-0.15, -0.1) is 12.4 Å². The zero-order chi connectivity index (χ0) is 13.2. The lowest BCUT2D eigenvalue weighted by Gasteiger charge is -2.28. The molecule has 1 N–H and O–H groups in total. The molecule has 2 saturated heterocycles. The molecule has 0 aromatic rings. The van der Waals surface area contributed by atoms with Crippen LogP contribution in [-0.2, 0) is 9.53 Å². The number of rotatable bonds is 3. The van der Waals surface area contributed by atoms with Crippen LogP contribution in [0.15, 0.2) is 0 Å². The van der Waals surface area contributed by atoms with Gasteiger partial charge in [-0.2, -0.15) is 0 Å². The summed E-state index contributed by atoms with van der Waals surface area (Å²) in [7, 11) is 1.65. The molecular formula is C12H21ClF2N2O2. The molecule has 4 nitrogen and oxygen atoms in total. The van der Waals surface area contributed by atoms with E-state index in [1.54, 1.807) is 7.05 Å². The molecule has 2 heterocycles. The van der Waals surface area contributed by atoms with Crippen molar-refractivity contribution in [1.29, 1.82) is 0 Å². The van der Waals surface area contributed by atoms with E-state index in [2.05, 4.69) is 5.32 Å². The number of ether oxygens (including phenoxy) is 1. The third kappa shape index (κ3) is 4.54. The Bertz CT molecular complexity index is 312. The molecule has 1 amide bonds. The second kappa shape index (κ2) is 6.81. The van der Waals surface area contributed by atoms with Gasteiger partial charge in [0.05, 0.1) is 18.7 Å². The van der Waals surface area contributed by atoms with Crippen molar-refractivity contribution in [3.63, 3.8) is 0 Å². The van der Waals surface area contributed by atoms with Crippen LogP contribution in [0, 0.1) is 0 Å². The third-order valence-electron chi connectivity index (χ3n) is 3.54. The van der Waals surface area contributed by atoms with E-state index in [0.29, 0.717) is 6.54 Å². The number of likely N-dealkylation sites (N-methyl/N-ethyl adjacent to an activating group) is 1. The highest BCUT2D eigenvalue weighted by molar-refractivity contribution is 5.85. The van der Waals surface area contributed by atoms with Crippen LogP contribution in [0.4, 0.5) is 8.78 Å². The van der Waals surface area contributed by atoms with Gasteiger partial charge in [-0.05, 0) is 19.3 Å². The summed E-state index contributed by atoms with van der Waals surface area (Å²) in [5.74, 6) is -3.02. The summed E-state index contributed by atoms with van der Waals surface area (Å²) >= 11 is 0. The molecule has 19 heavy (non-hydrogen) atoms. The van der Waals surface area contributed by atoms with Gasteiger partial charge in [-0.1, -0.05) is 0 Å². The Balaban J connectivity index is 0.00000180. The zero-order valence-corrected chi connectivity index (χ0v) is 11.8. The Hall–Kier alpha value is -0.460. The SMILES string of the molecule is CN(CC1CCCCO1)C(=O)C1CC(F)(F)CN1.Cl. The second-order valence-corrected chi connectivity index (χ2v) is 5.20. The van der Waals surface area contributed by atoms with Gasteiger partial charge in [0.1, 0.15) is 0 Å². The minimum absolute atomic E-state index is 0. The van der Waals surface area contributed by atoms with E-state index in [-0.39, 0.29) is 24.4 Å². The van der Waals surface area contributed by atoms with Gasteiger partial charge in [0.2, 0.25) is 5.91 Å². The predicted octanol–water partition coefficient (Wildman–Crippen LogP) is 1.43. The van der Waals surface area contributed by atoms with Crippen molar-refractivity contribution >= 4 is 18.3 Å². The molecule has 2 aliphatic rings. The molecule has 0 radical (unpaired) electrons. The van der Waals surface area contributed by atoms with Crippen LogP contribution in [0.1, 0.15) is 25.7 Å². The van der Waals surface area contributed by atoms with Gasteiger partial charge in [-0.25, -0.2) is 8.78 Å². The van der Waals surface area contributed by atoms with Crippen LogP contribution < -0.4 is 5.32 Å². The first-order chi connectivity index (χ1) is 8.48. The number of nitrogens with zero attached hydrogens (tertiary/aromatic N) is 1. The number of alkyl halides is 2. The third-order valence-corrected chi connectivity index (χ3v) is 3.54. The summed E-state index contributed by atoms with van der Waals surface area (Å²) in [5, 5.41) is 2.58. The molecule has 0 bridgehead atoms. The molecule has 112 valence electrons. The van der Waals surface area contributed by atoms with Crippen molar-refractivity contribution in [2.75, 3.05) is 26.7 Å². The number of nitrogens with one attached hydrogen (secondary N) is 1. The molecule has 0 aliphatic carbocycles. The lowest BCUT2D eigenvalue weighted by molar-refractivity contribution is -0.134. The van der Waals surface area contributed by atoms with E-state index in [1.807, 2.05) is 0 Å². The summed E-state index contributed by atoms with van der Waals surface area (Å²) in [6.45, 7) is 0.812. The largest absolute Gasteiger partial charge is 0.376 e. The Kier molecular flexibility index (Phi) is 5.95. The number of hydrogen-bond donors (Lipinski definition) is 1. The summed E-state index contributed by atoms with van der Waals surface area (Å²) in [4.78, 5) is 13.5. The average Bonchev–Trinajstić information content (AvgIpc) is 2.70. The van der Waals surface area contributed by atoms with Crippen molar-refractivity contribution < 1.29 is 18.3 Å². The first-order valence-corrected chi connectivity index (χ1v) is 6.46. The van der Waals surface area contributed by atoms with Crippen molar-refractivity contribution in [2.24, 2.45) is 0 Å². The molecule has 2 fully saturated rings. The molecule has 0 aromatic carbocycles. The Morgan fingerprint density at radius 1 is 1.47 bits per heavy atom. The number of amides is 1. The van der Waals surface area contributed by atoms with Gasteiger partial charge in [0, 0.05) is 26.6 Å². The van der Waals surface area contributed by atoms with Gasteiger partial charge in [-0.3, -0.25) is 10.1 Å². The van der Waals surface area contributed by atoms with Crippen molar-refractivity contribution in [3.8, 4) is 0 Å². The Morgan fingerprint density at radius 2 is 2.21 bits per heavy atom. The van der Waals surface area contributed by atoms with Gasteiger partial charge < -0.3 is 9.64 Å². The van der Waals surface area contributed by atoms with Crippen LogP contribution in [-0.4, -0.2) is 55.6 Å². The van der Waals surface area contributed by atoms with Gasteiger partial charge in [0.25, 0.3) is 5.92 Å². The fourth-order valence-corrected chi connectivity index (χ4v) is 2.50. The van der Waals surface area contributed by atoms with Crippen molar-refractivity contribution in [2.45, 2.75) is 43.8 Å². The van der Waals surface area contributed by atoms with Crippen LogP contribution in [0.2, 0.25) is 0 Å². The van der Waals surface area contributed by atoms with Crippen molar-refractivity contribution in [3.05, 3.63) is 0 Å². The van der Waals surface area contributed by atoms with E-state index in [9.17, 15) is 13.6 Å². The fraction of sp³-hybridized carbons (Fsp3) is 0.917. The summed E-state index contributed by atoms with van der Waals surface area (Å²) in [5.41, 5.74) is 0. The van der Waals surface area contributed by atoms with Gasteiger partial charge in [0.15, 0.2) is 0 Å². The zero-order valence-electron chi connectivity index (χ0n) is 11.0. The minimum atomic E-state index is -2.76. The molecular weight excluding hydrogens is 278 g/mol. The molecule has 0 spiro atoms. The molecule has 2 atom stereocenters. The van der Waals surface area contributed by atoms with Crippen LogP contribution in [0.3, 0.4) is 0 Å². The van der Waals surface area contributed by atoms with E-state index in [1.165, 1.54) is 4.90 Å². The number of halogens is 3. The highest BCUT2D eigenvalue weighted by Crippen LogP contribution is 2.26. The number of hydrogen-bond acceptors (Lipinski definition) is 3. The van der Waals surface area contributed by atoms with E-state index in [0.717, 1.165) is 25.9 Å².